The third kappa shape index (κ3) is 4.70. The van der Waals surface area contributed by atoms with E-state index >= 15 is 0 Å². The number of aryl methyl sites for hydroxylation is 2. The number of amides is 1. The average Bonchev–Trinajstić information content (AvgIpc) is 3.16. The summed E-state index contributed by atoms with van der Waals surface area (Å²) in [6, 6.07) is 16.3. The Morgan fingerprint density at radius 1 is 1.15 bits per heavy atom. The zero-order valence-electron chi connectivity index (χ0n) is 15.1. The number of hydrogen-bond donors (Lipinski definition) is 1. The van der Waals surface area contributed by atoms with E-state index in [0.29, 0.717) is 6.54 Å². The van der Waals surface area contributed by atoms with E-state index in [1.165, 1.54) is 16.7 Å². The maximum atomic E-state index is 12.0. The molecule has 1 N–H and O–H groups in total. The second-order valence-electron chi connectivity index (χ2n) is 6.35. The molecule has 0 atom stereocenters. The van der Waals surface area contributed by atoms with Crippen molar-refractivity contribution in [3.05, 3.63) is 89.3 Å². The van der Waals surface area contributed by atoms with Crippen molar-refractivity contribution in [2.24, 2.45) is 0 Å². The molecule has 3 rings (SSSR count). The quantitative estimate of drug-likeness (QED) is 0.690. The van der Waals surface area contributed by atoms with Crippen LogP contribution < -0.4 is 5.32 Å². The van der Waals surface area contributed by atoms with Gasteiger partial charge in [-0.25, -0.2) is 4.68 Å². The molecule has 132 valence electrons. The highest BCUT2D eigenvalue weighted by atomic mass is 16.1. The van der Waals surface area contributed by atoms with Crippen LogP contribution in [0.1, 0.15) is 22.3 Å². The fourth-order valence-corrected chi connectivity index (χ4v) is 2.80. The first-order chi connectivity index (χ1) is 12.6. The number of carbonyl (C=O) groups is 1. The average molecular weight is 345 g/mol. The Balaban J connectivity index is 1.48. The van der Waals surface area contributed by atoms with Gasteiger partial charge in [-0.15, -0.1) is 0 Å². The van der Waals surface area contributed by atoms with Crippen molar-refractivity contribution in [2.75, 3.05) is 6.54 Å². The van der Waals surface area contributed by atoms with Crippen LogP contribution in [-0.4, -0.2) is 22.2 Å². The van der Waals surface area contributed by atoms with E-state index in [-0.39, 0.29) is 5.91 Å². The Kier molecular flexibility index (Phi) is 5.64. The van der Waals surface area contributed by atoms with Gasteiger partial charge in [0, 0.05) is 25.0 Å². The van der Waals surface area contributed by atoms with Gasteiger partial charge in [0.15, 0.2) is 0 Å². The summed E-state index contributed by atoms with van der Waals surface area (Å²) >= 11 is 0. The topological polar surface area (TPSA) is 46.9 Å². The van der Waals surface area contributed by atoms with Crippen molar-refractivity contribution in [3.8, 4) is 5.69 Å². The van der Waals surface area contributed by atoms with Crippen molar-refractivity contribution in [3.63, 3.8) is 0 Å². The van der Waals surface area contributed by atoms with Gasteiger partial charge in [0.2, 0.25) is 5.91 Å². The number of rotatable bonds is 6. The van der Waals surface area contributed by atoms with Crippen LogP contribution in [0.15, 0.2) is 67.0 Å². The zero-order chi connectivity index (χ0) is 18.4. The third-order valence-corrected chi connectivity index (χ3v) is 4.26. The van der Waals surface area contributed by atoms with Crippen molar-refractivity contribution in [1.29, 1.82) is 0 Å². The number of benzene rings is 2. The molecule has 0 saturated heterocycles. The maximum Gasteiger partial charge on any atom is 0.244 e. The summed E-state index contributed by atoms with van der Waals surface area (Å²) < 4.78 is 1.82. The monoisotopic (exact) mass is 345 g/mol. The molecule has 2 aromatic carbocycles. The first-order valence-electron chi connectivity index (χ1n) is 8.74. The molecular formula is C22H23N3O. The molecule has 0 spiro atoms. The minimum atomic E-state index is -0.0712. The van der Waals surface area contributed by atoms with Gasteiger partial charge in [-0.2, -0.15) is 5.10 Å². The standard InChI is InChI=1S/C22H23N3O/c1-17-4-7-20(18(2)16-17)8-11-22(26)23-14-12-19-5-9-21(10-6-19)25-15-3-13-24-25/h3-11,13,15-16H,12,14H2,1-2H3,(H,23,26)/b11-8+. The van der Waals surface area contributed by atoms with Crippen LogP contribution >= 0.6 is 0 Å². The molecule has 1 heterocycles. The lowest BCUT2D eigenvalue weighted by Gasteiger charge is -2.05. The minimum Gasteiger partial charge on any atom is -0.352 e. The molecule has 4 heteroatoms. The predicted octanol–water partition coefficient (Wildman–Crippen LogP) is 3.86. The Morgan fingerprint density at radius 3 is 2.65 bits per heavy atom. The molecule has 0 aliphatic rings. The minimum absolute atomic E-state index is 0.0712. The van der Waals surface area contributed by atoms with Crippen molar-refractivity contribution in [1.82, 2.24) is 15.1 Å². The first kappa shape index (κ1) is 17.7. The number of nitrogens with zero attached hydrogens (tertiary/aromatic N) is 2. The summed E-state index contributed by atoms with van der Waals surface area (Å²) in [5, 5.41) is 7.14. The SMILES string of the molecule is Cc1ccc(/C=C/C(=O)NCCc2ccc(-n3cccn3)cc2)c(C)c1. The van der Waals surface area contributed by atoms with Gasteiger partial charge in [-0.05, 0) is 61.2 Å². The summed E-state index contributed by atoms with van der Waals surface area (Å²) in [7, 11) is 0. The van der Waals surface area contributed by atoms with Crippen molar-refractivity contribution in [2.45, 2.75) is 20.3 Å². The van der Waals surface area contributed by atoms with Gasteiger partial charge < -0.3 is 5.32 Å². The molecular weight excluding hydrogens is 322 g/mol. The van der Waals surface area contributed by atoms with Crippen LogP contribution in [0.4, 0.5) is 0 Å². The van der Waals surface area contributed by atoms with Gasteiger partial charge in [0.1, 0.15) is 0 Å². The first-order valence-corrected chi connectivity index (χ1v) is 8.74. The van der Waals surface area contributed by atoms with E-state index in [9.17, 15) is 4.79 Å². The Hall–Kier alpha value is -3.14. The van der Waals surface area contributed by atoms with Gasteiger partial charge in [0.05, 0.1) is 5.69 Å². The highest BCUT2D eigenvalue weighted by Gasteiger charge is 2.00. The fraction of sp³-hybridized carbons (Fsp3) is 0.182. The van der Waals surface area contributed by atoms with Gasteiger partial charge >= 0.3 is 0 Å². The molecule has 0 saturated carbocycles. The predicted molar refractivity (Wildman–Crippen MR) is 105 cm³/mol. The smallest absolute Gasteiger partial charge is 0.244 e. The number of nitrogens with one attached hydrogen (secondary N) is 1. The molecule has 4 nitrogen and oxygen atoms in total. The van der Waals surface area contributed by atoms with Crippen LogP contribution in [-0.2, 0) is 11.2 Å². The largest absolute Gasteiger partial charge is 0.352 e. The molecule has 1 amide bonds. The highest BCUT2D eigenvalue weighted by molar-refractivity contribution is 5.91. The number of carbonyl (C=O) groups excluding carboxylic acids is 1. The summed E-state index contributed by atoms with van der Waals surface area (Å²) in [5.74, 6) is -0.0712. The lowest BCUT2D eigenvalue weighted by Crippen LogP contribution is -2.23. The molecule has 3 aromatic rings. The molecule has 0 fully saturated rings. The van der Waals surface area contributed by atoms with E-state index in [1.54, 1.807) is 12.3 Å². The lowest BCUT2D eigenvalue weighted by atomic mass is 10.1. The van der Waals surface area contributed by atoms with Crippen molar-refractivity contribution >= 4 is 12.0 Å². The molecule has 26 heavy (non-hydrogen) atoms. The zero-order valence-corrected chi connectivity index (χ0v) is 15.1. The third-order valence-electron chi connectivity index (χ3n) is 4.26. The van der Waals surface area contributed by atoms with Crippen LogP contribution in [0.5, 0.6) is 0 Å². The molecule has 1 aromatic heterocycles. The summed E-state index contributed by atoms with van der Waals surface area (Å²) in [6.45, 7) is 4.73. The van der Waals surface area contributed by atoms with Crippen LogP contribution in [0.25, 0.3) is 11.8 Å². The van der Waals surface area contributed by atoms with Gasteiger partial charge in [0.25, 0.3) is 0 Å². The van der Waals surface area contributed by atoms with Crippen molar-refractivity contribution < 1.29 is 4.79 Å². The second kappa shape index (κ2) is 8.30. The van der Waals surface area contributed by atoms with E-state index in [2.05, 4.69) is 48.5 Å². The van der Waals surface area contributed by atoms with E-state index in [0.717, 1.165) is 17.7 Å². The maximum absolute atomic E-state index is 12.0. The van der Waals surface area contributed by atoms with E-state index in [4.69, 9.17) is 0 Å². The van der Waals surface area contributed by atoms with Gasteiger partial charge in [-0.3, -0.25) is 4.79 Å². The van der Waals surface area contributed by atoms with Crippen LogP contribution in [0.2, 0.25) is 0 Å². The molecule has 0 bridgehead atoms. The summed E-state index contributed by atoms with van der Waals surface area (Å²) in [4.78, 5) is 12.0. The fourth-order valence-electron chi connectivity index (χ4n) is 2.80. The normalized spacial score (nSPS) is 11.0. The summed E-state index contributed by atoms with van der Waals surface area (Å²) in [6.07, 6.45) is 7.93. The molecule has 0 radical (unpaired) electrons. The second-order valence-corrected chi connectivity index (χ2v) is 6.35. The van der Waals surface area contributed by atoms with Crippen LogP contribution in [0, 0.1) is 13.8 Å². The lowest BCUT2D eigenvalue weighted by molar-refractivity contribution is -0.116. The van der Waals surface area contributed by atoms with Gasteiger partial charge in [-0.1, -0.05) is 35.9 Å². The van der Waals surface area contributed by atoms with E-state index < -0.39 is 0 Å². The number of hydrogen-bond acceptors (Lipinski definition) is 2. The number of aromatic nitrogens is 2. The Labute approximate surface area is 154 Å². The molecule has 0 aliphatic carbocycles. The summed E-state index contributed by atoms with van der Waals surface area (Å²) in [5.41, 5.74) is 5.67. The Bertz CT molecular complexity index is 894. The Morgan fingerprint density at radius 2 is 1.96 bits per heavy atom. The van der Waals surface area contributed by atoms with Crippen LogP contribution in [0.3, 0.4) is 0 Å². The highest BCUT2D eigenvalue weighted by Crippen LogP contribution is 2.12. The van der Waals surface area contributed by atoms with E-state index in [1.807, 2.05) is 41.2 Å². The molecule has 0 aliphatic heterocycles. The molecule has 0 unspecified atom stereocenters.